The standard InChI is InChI=1S/C27H34N2O5/c1-16(2)34-27(31)24-20(6)28-19(5)23(26(30)33-14-13-32-7)25(24)21-9-8-10-22(15-21)29-17(3)11-12-18(29)4/h8-12,15-16,24-25H,13-14H2,1-7H3. The highest BCUT2D eigenvalue weighted by atomic mass is 16.6. The molecule has 0 radical (unpaired) electrons. The SMILES string of the molecule is COCCOC(=O)C1=C(C)N=C(C)C(C(=O)OC(C)C)C1c1cccc(-n2c(C)ccc2C)c1. The maximum atomic E-state index is 13.3. The molecule has 0 aliphatic carbocycles. The van der Waals surface area contributed by atoms with E-state index in [1.165, 1.54) is 0 Å². The molecule has 0 amide bonds. The molecule has 1 aliphatic heterocycles. The van der Waals surface area contributed by atoms with Crippen LogP contribution in [0.15, 0.2) is 52.7 Å². The van der Waals surface area contributed by atoms with E-state index in [0.29, 0.717) is 17.0 Å². The first-order valence-corrected chi connectivity index (χ1v) is 11.5. The van der Waals surface area contributed by atoms with Gasteiger partial charge in [-0.25, -0.2) is 4.79 Å². The lowest BCUT2D eigenvalue weighted by atomic mass is 9.75. The summed E-state index contributed by atoms with van der Waals surface area (Å²) in [6.07, 6.45) is -0.290. The normalized spacial score (nSPS) is 18.2. The summed E-state index contributed by atoms with van der Waals surface area (Å²) >= 11 is 0. The predicted molar refractivity (Wildman–Crippen MR) is 131 cm³/mol. The molecule has 0 spiro atoms. The third kappa shape index (κ3) is 5.30. The van der Waals surface area contributed by atoms with Gasteiger partial charge < -0.3 is 18.8 Å². The van der Waals surface area contributed by atoms with Crippen molar-refractivity contribution in [3.05, 3.63) is 64.6 Å². The molecule has 1 aliphatic rings. The van der Waals surface area contributed by atoms with Crippen molar-refractivity contribution in [2.75, 3.05) is 20.3 Å². The van der Waals surface area contributed by atoms with E-state index in [0.717, 1.165) is 22.6 Å². The number of ether oxygens (including phenoxy) is 3. The van der Waals surface area contributed by atoms with Crippen LogP contribution in [-0.4, -0.2) is 48.6 Å². The van der Waals surface area contributed by atoms with Gasteiger partial charge in [0.15, 0.2) is 0 Å². The third-order valence-electron chi connectivity index (χ3n) is 5.93. The Kier molecular flexibility index (Phi) is 8.10. The second kappa shape index (κ2) is 10.8. The van der Waals surface area contributed by atoms with E-state index in [1.807, 2.05) is 38.1 Å². The lowest BCUT2D eigenvalue weighted by Gasteiger charge is -2.32. The molecule has 0 N–H and O–H groups in total. The van der Waals surface area contributed by atoms with Crippen LogP contribution in [-0.2, 0) is 23.8 Å². The van der Waals surface area contributed by atoms with Crippen LogP contribution in [0.1, 0.15) is 50.6 Å². The number of carbonyl (C=O) groups excluding carboxylic acids is 2. The Bertz CT molecular complexity index is 1110. The topological polar surface area (TPSA) is 79.1 Å². The first-order valence-electron chi connectivity index (χ1n) is 11.5. The molecule has 1 aromatic heterocycles. The summed E-state index contributed by atoms with van der Waals surface area (Å²) < 4.78 is 18.2. The summed E-state index contributed by atoms with van der Waals surface area (Å²) in [6, 6.07) is 12.0. The zero-order valence-corrected chi connectivity index (χ0v) is 21.0. The van der Waals surface area contributed by atoms with Crippen molar-refractivity contribution in [3.63, 3.8) is 0 Å². The van der Waals surface area contributed by atoms with Crippen LogP contribution in [0.4, 0.5) is 0 Å². The zero-order chi connectivity index (χ0) is 25.0. The second-order valence-corrected chi connectivity index (χ2v) is 8.87. The van der Waals surface area contributed by atoms with Crippen LogP contribution in [0.2, 0.25) is 0 Å². The maximum absolute atomic E-state index is 13.3. The van der Waals surface area contributed by atoms with Crippen molar-refractivity contribution in [1.82, 2.24) is 4.57 Å². The summed E-state index contributed by atoms with van der Waals surface area (Å²) in [5, 5.41) is 0. The Hall–Kier alpha value is -3.19. The molecule has 0 fully saturated rings. The van der Waals surface area contributed by atoms with Crippen LogP contribution in [0.5, 0.6) is 0 Å². The smallest absolute Gasteiger partial charge is 0.336 e. The molecule has 1 aromatic carbocycles. The number of methoxy groups -OCH3 is 1. The second-order valence-electron chi connectivity index (χ2n) is 8.87. The Labute approximate surface area is 201 Å². The van der Waals surface area contributed by atoms with Gasteiger partial charge in [0.2, 0.25) is 0 Å². The maximum Gasteiger partial charge on any atom is 0.336 e. The van der Waals surface area contributed by atoms with Gasteiger partial charge in [-0.2, -0.15) is 0 Å². The number of esters is 2. The van der Waals surface area contributed by atoms with Gasteiger partial charge in [0, 0.05) is 41.5 Å². The van der Waals surface area contributed by atoms with Gasteiger partial charge in [0.25, 0.3) is 0 Å². The molecule has 0 saturated heterocycles. The summed E-state index contributed by atoms with van der Waals surface area (Å²) in [5.74, 6) is -2.24. The van der Waals surface area contributed by atoms with E-state index in [1.54, 1.807) is 34.8 Å². The average molecular weight is 467 g/mol. The minimum absolute atomic E-state index is 0.116. The first-order chi connectivity index (χ1) is 16.1. The van der Waals surface area contributed by atoms with E-state index in [4.69, 9.17) is 14.2 Å². The Morgan fingerprint density at radius 1 is 1.03 bits per heavy atom. The summed E-state index contributed by atoms with van der Waals surface area (Å²) in [5.41, 5.74) is 5.49. The minimum atomic E-state index is -0.738. The molecular formula is C27H34N2O5. The molecule has 0 bridgehead atoms. The van der Waals surface area contributed by atoms with Crippen molar-refractivity contribution in [2.45, 2.75) is 53.6 Å². The molecule has 7 heteroatoms. The third-order valence-corrected chi connectivity index (χ3v) is 5.93. The van der Waals surface area contributed by atoms with E-state index in [2.05, 4.69) is 21.7 Å². The number of carbonyl (C=O) groups is 2. The van der Waals surface area contributed by atoms with Gasteiger partial charge in [-0.1, -0.05) is 12.1 Å². The van der Waals surface area contributed by atoms with Crippen LogP contribution >= 0.6 is 0 Å². The fraction of sp³-hybridized carbons (Fsp3) is 0.444. The molecule has 34 heavy (non-hydrogen) atoms. The van der Waals surface area contributed by atoms with Gasteiger partial charge in [-0.3, -0.25) is 9.79 Å². The number of hydrogen-bond acceptors (Lipinski definition) is 6. The van der Waals surface area contributed by atoms with Gasteiger partial charge >= 0.3 is 11.9 Å². The van der Waals surface area contributed by atoms with Gasteiger partial charge in [-0.15, -0.1) is 0 Å². The van der Waals surface area contributed by atoms with Crippen molar-refractivity contribution >= 4 is 17.7 Å². The summed E-state index contributed by atoms with van der Waals surface area (Å²) in [7, 11) is 1.55. The number of rotatable bonds is 8. The van der Waals surface area contributed by atoms with E-state index in [9.17, 15) is 9.59 Å². The van der Waals surface area contributed by atoms with Crippen molar-refractivity contribution in [3.8, 4) is 5.69 Å². The summed E-state index contributed by atoms with van der Waals surface area (Å²) in [6.45, 7) is 11.7. The van der Waals surface area contributed by atoms with Crippen LogP contribution in [0.3, 0.4) is 0 Å². The monoisotopic (exact) mass is 466 g/mol. The van der Waals surface area contributed by atoms with Crippen molar-refractivity contribution in [1.29, 1.82) is 0 Å². The number of benzene rings is 1. The molecule has 2 atom stereocenters. The van der Waals surface area contributed by atoms with Crippen molar-refractivity contribution in [2.24, 2.45) is 10.9 Å². The molecule has 2 aromatic rings. The van der Waals surface area contributed by atoms with Crippen LogP contribution in [0, 0.1) is 19.8 Å². The molecule has 2 unspecified atom stereocenters. The van der Waals surface area contributed by atoms with E-state index in [-0.39, 0.29) is 19.3 Å². The molecule has 0 saturated carbocycles. The van der Waals surface area contributed by atoms with E-state index < -0.39 is 23.8 Å². The Morgan fingerprint density at radius 3 is 2.32 bits per heavy atom. The zero-order valence-electron chi connectivity index (χ0n) is 21.0. The predicted octanol–water partition coefficient (Wildman–Crippen LogP) is 4.68. The highest BCUT2D eigenvalue weighted by Gasteiger charge is 2.42. The van der Waals surface area contributed by atoms with E-state index >= 15 is 0 Å². The Balaban J connectivity index is 2.14. The molecule has 3 rings (SSSR count). The number of hydrogen-bond donors (Lipinski definition) is 0. The highest BCUT2D eigenvalue weighted by Crippen LogP contribution is 2.41. The number of allylic oxidation sites excluding steroid dienone is 1. The lowest BCUT2D eigenvalue weighted by Crippen LogP contribution is -2.37. The average Bonchev–Trinajstić information content (AvgIpc) is 3.10. The lowest BCUT2D eigenvalue weighted by molar-refractivity contribution is -0.150. The molecule has 182 valence electrons. The Morgan fingerprint density at radius 2 is 1.71 bits per heavy atom. The number of aliphatic imine (C=N–C) groups is 1. The quantitative estimate of drug-likeness (QED) is 0.417. The van der Waals surface area contributed by atoms with Gasteiger partial charge in [0.05, 0.1) is 18.3 Å². The highest BCUT2D eigenvalue weighted by molar-refractivity contribution is 6.07. The minimum Gasteiger partial charge on any atom is -0.462 e. The number of nitrogens with zero attached hydrogens (tertiary/aromatic N) is 2. The summed E-state index contributed by atoms with van der Waals surface area (Å²) in [4.78, 5) is 31.0. The fourth-order valence-corrected chi connectivity index (χ4v) is 4.50. The van der Waals surface area contributed by atoms with Crippen LogP contribution < -0.4 is 0 Å². The van der Waals surface area contributed by atoms with Gasteiger partial charge in [-0.05, 0) is 71.4 Å². The molecular weight excluding hydrogens is 432 g/mol. The number of aromatic nitrogens is 1. The first kappa shape index (κ1) is 25.4. The van der Waals surface area contributed by atoms with Crippen LogP contribution in [0.25, 0.3) is 5.69 Å². The molecule has 7 nitrogen and oxygen atoms in total. The fourth-order valence-electron chi connectivity index (χ4n) is 4.50. The number of aryl methyl sites for hydroxylation is 2. The van der Waals surface area contributed by atoms with Crippen molar-refractivity contribution < 1.29 is 23.8 Å². The largest absolute Gasteiger partial charge is 0.462 e. The van der Waals surface area contributed by atoms with Gasteiger partial charge in [0.1, 0.15) is 12.5 Å². The molecule has 2 heterocycles.